The minimum absolute atomic E-state index is 0.179. The van der Waals surface area contributed by atoms with Crippen molar-refractivity contribution in [1.82, 2.24) is 4.98 Å². The van der Waals surface area contributed by atoms with E-state index in [2.05, 4.69) is 10.3 Å². The van der Waals surface area contributed by atoms with Crippen LogP contribution in [0.3, 0.4) is 0 Å². The van der Waals surface area contributed by atoms with E-state index in [4.69, 9.17) is 4.74 Å². The topological polar surface area (TPSA) is 68.3 Å². The van der Waals surface area contributed by atoms with Crippen LogP contribution >= 0.6 is 23.1 Å². The van der Waals surface area contributed by atoms with Crippen molar-refractivity contribution in [3.63, 3.8) is 0 Å². The number of hydrogen-bond donors (Lipinski definition) is 1. The second-order valence-electron chi connectivity index (χ2n) is 4.41. The molecule has 1 saturated heterocycles. The first-order valence-corrected chi connectivity index (χ1v) is 8.25. The van der Waals surface area contributed by atoms with E-state index in [9.17, 15) is 9.59 Å². The van der Waals surface area contributed by atoms with Crippen LogP contribution < -0.4 is 5.32 Å². The van der Waals surface area contributed by atoms with Crippen molar-refractivity contribution >= 4 is 45.7 Å². The Kier molecular flexibility index (Phi) is 5.19. The maximum atomic E-state index is 11.9. The van der Waals surface area contributed by atoms with Crippen molar-refractivity contribution in [2.45, 2.75) is 13.3 Å². The van der Waals surface area contributed by atoms with Gasteiger partial charge in [-0.1, -0.05) is 6.08 Å². The van der Waals surface area contributed by atoms with Crippen LogP contribution in [0.5, 0.6) is 0 Å². The van der Waals surface area contributed by atoms with Crippen molar-refractivity contribution in [3.05, 3.63) is 17.2 Å². The summed E-state index contributed by atoms with van der Waals surface area (Å²) >= 11 is 3.18. The van der Waals surface area contributed by atoms with Gasteiger partial charge in [0.15, 0.2) is 5.13 Å². The molecular formula is C13H16N2O3S2. The smallest absolute Gasteiger partial charge is 0.339 e. The number of aromatic nitrogens is 1. The highest BCUT2D eigenvalue weighted by Gasteiger charge is 2.21. The number of carbonyl (C=O) groups is 2. The van der Waals surface area contributed by atoms with Crippen LogP contribution in [0.1, 0.15) is 19.0 Å². The van der Waals surface area contributed by atoms with E-state index in [0.29, 0.717) is 22.3 Å². The SMILES string of the molecule is COC(=O)/C(=C\C1CCSC1)c1csc(NC(C)=O)n1. The number of thiazole rings is 1. The molecule has 0 aromatic carbocycles. The minimum Gasteiger partial charge on any atom is -0.465 e. The molecule has 7 heteroatoms. The van der Waals surface area contributed by atoms with Gasteiger partial charge in [0.2, 0.25) is 5.91 Å². The average Bonchev–Trinajstić information content (AvgIpc) is 3.05. The number of carbonyl (C=O) groups excluding carboxylic acids is 2. The molecule has 20 heavy (non-hydrogen) atoms. The van der Waals surface area contributed by atoms with Crippen LogP contribution in [-0.2, 0) is 14.3 Å². The number of allylic oxidation sites excluding steroid dienone is 1. The van der Waals surface area contributed by atoms with Crippen LogP contribution in [0.2, 0.25) is 0 Å². The predicted molar refractivity (Wildman–Crippen MR) is 81.8 cm³/mol. The molecule has 1 fully saturated rings. The second-order valence-corrected chi connectivity index (χ2v) is 6.42. The van der Waals surface area contributed by atoms with Gasteiger partial charge in [0.25, 0.3) is 0 Å². The molecule has 1 atom stereocenters. The molecule has 0 radical (unpaired) electrons. The molecule has 1 aliphatic heterocycles. The molecule has 1 aromatic rings. The molecule has 0 saturated carbocycles. The van der Waals surface area contributed by atoms with E-state index in [1.165, 1.54) is 25.4 Å². The Morgan fingerprint density at radius 3 is 2.95 bits per heavy atom. The number of nitrogens with one attached hydrogen (secondary N) is 1. The largest absolute Gasteiger partial charge is 0.465 e. The molecule has 1 N–H and O–H groups in total. The fourth-order valence-corrected chi connectivity index (χ4v) is 3.85. The third-order valence-electron chi connectivity index (χ3n) is 2.84. The summed E-state index contributed by atoms with van der Waals surface area (Å²) in [4.78, 5) is 27.2. The first-order chi connectivity index (χ1) is 9.60. The van der Waals surface area contributed by atoms with E-state index >= 15 is 0 Å². The molecule has 1 unspecified atom stereocenters. The maximum Gasteiger partial charge on any atom is 0.339 e. The number of hydrogen-bond acceptors (Lipinski definition) is 6. The van der Waals surface area contributed by atoms with E-state index in [0.717, 1.165) is 17.9 Å². The summed E-state index contributed by atoms with van der Waals surface area (Å²) in [6.45, 7) is 1.42. The number of nitrogens with zero attached hydrogens (tertiary/aromatic N) is 1. The highest BCUT2D eigenvalue weighted by molar-refractivity contribution is 7.99. The van der Waals surface area contributed by atoms with Gasteiger partial charge in [0, 0.05) is 12.3 Å². The van der Waals surface area contributed by atoms with Gasteiger partial charge >= 0.3 is 5.97 Å². The number of esters is 1. The van der Waals surface area contributed by atoms with Crippen molar-refractivity contribution in [2.24, 2.45) is 5.92 Å². The average molecular weight is 312 g/mol. The van der Waals surface area contributed by atoms with Gasteiger partial charge in [-0.3, -0.25) is 4.79 Å². The lowest BCUT2D eigenvalue weighted by Crippen LogP contribution is -2.08. The van der Waals surface area contributed by atoms with E-state index in [1.54, 1.807) is 5.38 Å². The zero-order valence-electron chi connectivity index (χ0n) is 11.3. The lowest BCUT2D eigenvalue weighted by molar-refractivity contribution is -0.133. The Morgan fingerprint density at radius 1 is 1.55 bits per heavy atom. The van der Waals surface area contributed by atoms with E-state index in [-0.39, 0.29) is 11.9 Å². The highest BCUT2D eigenvalue weighted by Crippen LogP contribution is 2.29. The lowest BCUT2D eigenvalue weighted by Gasteiger charge is -2.06. The molecule has 1 aromatic heterocycles. The third-order valence-corrected chi connectivity index (χ3v) is 4.78. The van der Waals surface area contributed by atoms with Crippen molar-refractivity contribution < 1.29 is 14.3 Å². The third kappa shape index (κ3) is 3.83. The molecule has 1 amide bonds. The summed E-state index contributed by atoms with van der Waals surface area (Å²) in [7, 11) is 1.36. The monoisotopic (exact) mass is 312 g/mol. The Balaban J connectivity index is 2.24. The molecule has 108 valence electrons. The predicted octanol–water partition coefficient (Wildman–Crippen LogP) is 2.41. The van der Waals surface area contributed by atoms with Gasteiger partial charge in [0.05, 0.1) is 18.4 Å². The normalized spacial score (nSPS) is 18.9. The first kappa shape index (κ1) is 15.1. The fourth-order valence-electron chi connectivity index (χ4n) is 1.89. The summed E-state index contributed by atoms with van der Waals surface area (Å²) in [5.41, 5.74) is 1.04. The Morgan fingerprint density at radius 2 is 2.35 bits per heavy atom. The summed E-state index contributed by atoms with van der Waals surface area (Å²) in [5, 5.41) is 4.86. The number of rotatable bonds is 4. The van der Waals surface area contributed by atoms with Gasteiger partial charge in [-0.2, -0.15) is 11.8 Å². The molecule has 2 heterocycles. The number of amides is 1. The van der Waals surface area contributed by atoms with Crippen molar-refractivity contribution in [3.8, 4) is 0 Å². The van der Waals surface area contributed by atoms with Crippen LogP contribution in [0.15, 0.2) is 11.5 Å². The van der Waals surface area contributed by atoms with Crippen LogP contribution in [0.4, 0.5) is 5.13 Å². The van der Waals surface area contributed by atoms with Gasteiger partial charge in [-0.25, -0.2) is 9.78 Å². The Labute approximate surface area is 125 Å². The first-order valence-electron chi connectivity index (χ1n) is 6.21. The van der Waals surface area contributed by atoms with Gasteiger partial charge in [-0.15, -0.1) is 11.3 Å². The summed E-state index contributed by atoms with van der Waals surface area (Å²) in [6.07, 6.45) is 3.01. The molecular weight excluding hydrogens is 296 g/mol. The lowest BCUT2D eigenvalue weighted by atomic mass is 10.0. The van der Waals surface area contributed by atoms with Crippen LogP contribution in [-0.4, -0.2) is 35.5 Å². The summed E-state index contributed by atoms with van der Waals surface area (Å²) in [5.74, 6) is 1.94. The van der Waals surface area contributed by atoms with Gasteiger partial charge in [0.1, 0.15) is 0 Å². The molecule has 0 spiro atoms. The summed E-state index contributed by atoms with van der Waals surface area (Å²) in [6, 6.07) is 0. The molecule has 5 nitrogen and oxygen atoms in total. The Hall–Kier alpha value is -1.34. The fraction of sp³-hybridized carbons (Fsp3) is 0.462. The number of ether oxygens (including phenoxy) is 1. The van der Waals surface area contributed by atoms with Gasteiger partial charge in [-0.05, 0) is 23.8 Å². The minimum atomic E-state index is -0.387. The number of thioether (sulfide) groups is 1. The molecule has 2 rings (SSSR count). The zero-order valence-corrected chi connectivity index (χ0v) is 13.0. The van der Waals surface area contributed by atoms with Crippen molar-refractivity contribution in [1.29, 1.82) is 0 Å². The van der Waals surface area contributed by atoms with E-state index < -0.39 is 0 Å². The quantitative estimate of drug-likeness (QED) is 0.683. The number of anilines is 1. The summed E-state index contributed by atoms with van der Waals surface area (Å²) < 4.78 is 4.83. The Bertz CT molecular complexity index is 533. The standard InChI is InChI=1S/C13H16N2O3S2/c1-8(16)14-13-15-11(7-20-13)10(12(17)18-2)5-9-3-4-19-6-9/h5,7,9H,3-4,6H2,1-2H3,(H,14,15,16)/b10-5-. The highest BCUT2D eigenvalue weighted by atomic mass is 32.2. The zero-order chi connectivity index (χ0) is 14.5. The van der Waals surface area contributed by atoms with E-state index in [1.807, 2.05) is 17.8 Å². The molecule has 1 aliphatic rings. The van der Waals surface area contributed by atoms with Crippen LogP contribution in [0, 0.1) is 5.92 Å². The second kappa shape index (κ2) is 6.90. The number of methoxy groups -OCH3 is 1. The van der Waals surface area contributed by atoms with Gasteiger partial charge < -0.3 is 10.1 Å². The molecule has 0 bridgehead atoms. The maximum absolute atomic E-state index is 11.9. The van der Waals surface area contributed by atoms with Crippen molar-refractivity contribution in [2.75, 3.05) is 23.9 Å². The molecule has 0 aliphatic carbocycles. The van der Waals surface area contributed by atoms with Crippen LogP contribution in [0.25, 0.3) is 5.57 Å².